The Balaban J connectivity index is 1.62. The fourth-order valence-electron chi connectivity index (χ4n) is 2.48. The molecule has 3 rings (SSSR count). The van der Waals surface area contributed by atoms with Crippen LogP contribution in [0, 0.1) is 0 Å². The van der Waals surface area contributed by atoms with Gasteiger partial charge >= 0.3 is 0 Å². The van der Waals surface area contributed by atoms with Gasteiger partial charge in [0.1, 0.15) is 0 Å². The number of nitrogens with one attached hydrogen (secondary N) is 1. The Kier molecular flexibility index (Phi) is 6.42. The average molecular weight is 421 g/mol. The summed E-state index contributed by atoms with van der Waals surface area (Å²) in [5.74, 6) is -0.102. The van der Waals surface area contributed by atoms with Crippen molar-refractivity contribution in [3.8, 4) is 0 Å². The summed E-state index contributed by atoms with van der Waals surface area (Å²) in [6.07, 6.45) is 2.16. The first kappa shape index (κ1) is 19.7. The molecule has 27 heavy (non-hydrogen) atoms. The maximum atomic E-state index is 12.2. The molecule has 1 amide bonds. The van der Waals surface area contributed by atoms with E-state index in [0.717, 1.165) is 16.8 Å². The van der Waals surface area contributed by atoms with E-state index >= 15 is 0 Å². The van der Waals surface area contributed by atoms with Gasteiger partial charge in [0.15, 0.2) is 5.17 Å². The summed E-state index contributed by atoms with van der Waals surface area (Å²) >= 11 is 13.4. The van der Waals surface area contributed by atoms with Gasteiger partial charge in [0.2, 0.25) is 5.91 Å². The van der Waals surface area contributed by atoms with E-state index in [4.69, 9.17) is 23.2 Å². The van der Waals surface area contributed by atoms with Crippen molar-refractivity contribution in [2.45, 2.75) is 11.7 Å². The highest BCUT2D eigenvalue weighted by Gasteiger charge is 2.30. The Morgan fingerprint density at radius 3 is 2.59 bits per heavy atom. The minimum atomic E-state index is -0.294. The molecule has 1 unspecified atom stereocenters. The number of rotatable bonds is 5. The van der Waals surface area contributed by atoms with Crippen molar-refractivity contribution in [2.24, 2.45) is 10.2 Å². The topological polar surface area (TPSA) is 57.1 Å². The second-order valence-electron chi connectivity index (χ2n) is 6.17. The Hall–Kier alpha value is -2.02. The van der Waals surface area contributed by atoms with Crippen LogP contribution in [0.15, 0.2) is 52.7 Å². The van der Waals surface area contributed by atoms with Crippen LogP contribution in [-0.2, 0) is 11.2 Å². The summed E-state index contributed by atoms with van der Waals surface area (Å²) in [5.41, 5.74) is 2.92. The van der Waals surface area contributed by atoms with E-state index in [-0.39, 0.29) is 11.2 Å². The molecule has 0 aromatic heterocycles. The third-order valence-corrected chi connectivity index (χ3v) is 5.62. The number of hydrogen-bond donors (Lipinski definition) is 1. The van der Waals surface area contributed by atoms with Gasteiger partial charge in [-0.15, -0.1) is 5.10 Å². The van der Waals surface area contributed by atoms with Crippen molar-refractivity contribution in [3.05, 3.63) is 63.6 Å². The third kappa shape index (κ3) is 5.25. The van der Waals surface area contributed by atoms with E-state index in [1.54, 1.807) is 18.3 Å². The maximum absolute atomic E-state index is 12.2. The minimum Gasteiger partial charge on any atom is -0.378 e. The summed E-state index contributed by atoms with van der Waals surface area (Å²) in [7, 11) is 3.98. The predicted molar refractivity (Wildman–Crippen MR) is 115 cm³/mol. The lowest BCUT2D eigenvalue weighted by Crippen LogP contribution is -2.26. The van der Waals surface area contributed by atoms with Gasteiger partial charge in [-0.3, -0.25) is 4.79 Å². The molecule has 5 nitrogen and oxygen atoms in total. The molecule has 1 aliphatic heterocycles. The molecule has 0 saturated carbocycles. The molecule has 1 atom stereocenters. The van der Waals surface area contributed by atoms with Gasteiger partial charge in [0, 0.05) is 29.8 Å². The third-order valence-electron chi connectivity index (χ3n) is 3.96. The minimum absolute atomic E-state index is 0.102. The molecule has 1 saturated heterocycles. The van der Waals surface area contributed by atoms with Crippen LogP contribution in [0.4, 0.5) is 5.69 Å². The lowest BCUT2D eigenvalue weighted by Gasteiger charge is -2.11. The van der Waals surface area contributed by atoms with Gasteiger partial charge in [0.05, 0.1) is 11.5 Å². The molecule has 2 aromatic carbocycles. The van der Waals surface area contributed by atoms with E-state index in [1.165, 1.54) is 11.8 Å². The lowest BCUT2D eigenvalue weighted by molar-refractivity contribution is -0.118. The number of thioether (sulfide) groups is 1. The van der Waals surface area contributed by atoms with Crippen LogP contribution in [0.1, 0.15) is 11.1 Å². The normalized spacial score (nSPS) is 18.3. The highest BCUT2D eigenvalue weighted by atomic mass is 35.5. The highest BCUT2D eigenvalue weighted by Crippen LogP contribution is 2.28. The molecule has 1 fully saturated rings. The second-order valence-corrected chi connectivity index (χ2v) is 8.21. The number of amidine groups is 1. The summed E-state index contributed by atoms with van der Waals surface area (Å²) < 4.78 is 0. The summed E-state index contributed by atoms with van der Waals surface area (Å²) in [6.45, 7) is 0. The molecule has 2 aromatic rings. The zero-order chi connectivity index (χ0) is 19.4. The van der Waals surface area contributed by atoms with Crippen molar-refractivity contribution < 1.29 is 4.79 Å². The van der Waals surface area contributed by atoms with Crippen LogP contribution >= 0.6 is 35.0 Å². The fourth-order valence-corrected chi connectivity index (χ4v) is 3.92. The highest BCUT2D eigenvalue weighted by molar-refractivity contribution is 8.15. The first-order chi connectivity index (χ1) is 12.9. The van der Waals surface area contributed by atoms with Crippen LogP contribution < -0.4 is 10.2 Å². The quantitative estimate of drug-likeness (QED) is 0.581. The zero-order valence-electron chi connectivity index (χ0n) is 14.8. The van der Waals surface area contributed by atoms with Crippen LogP contribution in [0.5, 0.6) is 0 Å². The van der Waals surface area contributed by atoms with Crippen molar-refractivity contribution in [2.75, 3.05) is 19.0 Å². The molecule has 0 aliphatic carbocycles. The van der Waals surface area contributed by atoms with Crippen molar-refractivity contribution in [3.63, 3.8) is 0 Å². The number of hydrogen-bond acceptors (Lipinski definition) is 5. The molecule has 0 bridgehead atoms. The number of carbonyl (C=O) groups excluding carboxylic acids is 1. The number of anilines is 1. The number of benzene rings is 2. The molecular weight excluding hydrogens is 403 g/mol. The summed E-state index contributed by atoms with van der Waals surface area (Å²) in [6, 6.07) is 13.2. The number of amides is 1. The van der Waals surface area contributed by atoms with Crippen molar-refractivity contribution >= 4 is 57.9 Å². The van der Waals surface area contributed by atoms with Crippen molar-refractivity contribution in [1.29, 1.82) is 0 Å². The van der Waals surface area contributed by atoms with Gasteiger partial charge in [-0.1, -0.05) is 53.2 Å². The van der Waals surface area contributed by atoms with E-state index < -0.39 is 0 Å². The van der Waals surface area contributed by atoms with E-state index in [9.17, 15) is 4.79 Å². The Morgan fingerprint density at radius 1 is 1.19 bits per heavy atom. The van der Waals surface area contributed by atoms with Crippen molar-refractivity contribution in [1.82, 2.24) is 5.32 Å². The summed E-state index contributed by atoms with van der Waals surface area (Å²) in [4.78, 5) is 14.2. The Bertz CT molecular complexity index is 897. The first-order valence-corrected chi connectivity index (χ1v) is 9.86. The SMILES string of the molecule is CN(C)c1ccc(/C=N/N=C2/NC(=O)C(Cc3ccc(Cl)cc3Cl)S2)cc1. The van der Waals surface area contributed by atoms with Gasteiger partial charge < -0.3 is 10.2 Å². The number of halogens is 2. The molecular formula is C19H18Cl2N4OS. The van der Waals surface area contributed by atoms with Crippen LogP contribution in [0.3, 0.4) is 0 Å². The molecule has 1 N–H and O–H groups in total. The van der Waals surface area contributed by atoms with Crippen LogP contribution in [-0.4, -0.2) is 36.6 Å². The van der Waals surface area contributed by atoms with Gasteiger partial charge in [-0.25, -0.2) is 0 Å². The molecule has 8 heteroatoms. The monoisotopic (exact) mass is 420 g/mol. The van der Waals surface area contributed by atoms with Gasteiger partial charge in [-0.2, -0.15) is 5.10 Å². The van der Waals surface area contributed by atoms with E-state index in [2.05, 4.69) is 15.5 Å². The van der Waals surface area contributed by atoms with E-state index in [0.29, 0.717) is 21.6 Å². The first-order valence-electron chi connectivity index (χ1n) is 8.22. The average Bonchev–Trinajstić information content (AvgIpc) is 2.97. The largest absolute Gasteiger partial charge is 0.378 e. The molecule has 1 aliphatic rings. The second kappa shape index (κ2) is 8.78. The Labute approximate surface area is 172 Å². The maximum Gasteiger partial charge on any atom is 0.239 e. The van der Waals surface area contributed by atoms with Gasteiger partial charge in [-0.05, 0) is 41.8 Å². The molecule has 1 heterocycles. The smallest absolute Gasteiger partial charge is 0.239 e. The fraction of sp³-hybridized carbons (Fsp3) is 0.211. The standard InChI is InChI=1S/C19H18Cl2N4OS/c1-25(2)15-7-3-12(4-8-15)11-22-24-19-23-18(26)17(27-19)9-13-5-6-14(20)10-16(13)21/h3-8,10-11,17H,9H2,1-2H3,(H,23,24,26)/b22-11+. The van der Waals surface area contributed by atoms with Crippen LogP contribution in [0.2, 0.25) is 10.0 Å². The molecule has 140 valence electrons. The van der Waals surface area contributed by atoms with E-state index in [1.807, 2.05) is 49.3 Å². The van der Waals surface area contributed by atoms with Gasteiger partial charge in [0.25, 0.3) is 0 Å². The zero-order valence-corrected chi connectivity index (χ0v) is 17.1. The number of nitrogens with zero attached hydrogens (tertiary/aromatic N) is 3. The Morgan fingerprint density at radius 2 is 1.93 bits per heavy atom. The lowest BCUT2D eigenvalue weighted by atomic mass is 10.1. The van der Waals surface area contributed by atoms with Crippen LogP contribution in [0.25, 0.3) is 0 Å². The number of carbonyl (C=O) groups is 1. The summed E-state index contributed by atoms with van der Waals surface area (Å²) in [5, 5.41) is 12.2. The predicted octanol–water partition coefficient (Wildman–Crippen LogP) is 4.22. The molecule has 0 radical (unpaired) electrons. The molecule has 0 spiro atoms.